The molecule has 0 aliphatic heterocycles. The average Bonchev–Trinajstić information content (AvgIpc) is 2.19. The number of carbonyl (C=O) groups excluding carboxylic acids is 1. The van der Waals surface area contributed by atoms with Gasteiger partial charge in [0.1, 0.15) is 0 Å². The van der Waals surface area contributed by atoms with Gasteiger partial charge in [-0.1, -0.05) is 13.0 Å². The molecular weight excluding hydrogens is 178 g/mol. The van der Waals surface area contributed by atoms with E-state index in [1.54, 1.807) is 6.20 Å². The van der Waals surface area contributed by atoms with Crippen LogP contribution in [-0.2, 0) is 16.0 Å². The first-order valence-corrected chi connectivity index (χ1v) is 4.68. The van der Waals surface area contributed by atoms with Crippen LogP contribution in [0.2, 0.25) is 0 Å². The van der Waals surface area contributed by atoms with Crippen molar-refractivity contribution < 1.29 is 9.53 Å². The molecule has 0 fully saturated rings. The van der Waals surface area contributed by atoms with Crippen molar-refractivity contribution in [2.75, 3.05) is 7.11 Å². The summed E-state index contributed by atoms with van der Waals surface area (Å²) in [6.45, 7) is 2.03. The van der Waals surface area contributed by atoms with Gasteiger partial charge in [0.25, 0.3) is 0 Å². The number of esters is 1. The van der Waals surface area contributed by atoms with E-state index >= 15 is 0 Å². The fraction of sp³-hybridized carbons (Fsp3) is 0.455. The summed E-state index contributed by atoms with van der Waals surface area (Å²) in [7, 11) is 1.42. The van der Waals surface area contributed by atoms with E-state index in [2.05, 4.69) is 9.72 Å². The minimum Gasteiger partial charge on any atom is -0.469 e. The van der Waals surface area contributed by atoms with Gasteiger partial charge in [-0.25, -0.2) is 0 Å². The Balaban J connectivity index is 2.41. The first kappa shape index (κ1) is 10.7. The summed E-state index contributed by atoms with van der Waals surface area (Å²) in [5.74, 6) is 0.146. The summed E-state index contributed by atoms with van der Waals surface area (Å²) >= 11 is 0. The van der Waals surface area contributed by atoms with Gasteiger partial charge in [0.15, 0.2) is 0 Å². The van der Waals surface area contributed by atoms with Crippen LogP contribution in [0.4, 0.5) is 0 Å². The number of carbonyl (C=O) groups is 1. The quantitative estimate of drug-likeness (QED) is 0.685. The Kier molecular flexibility index (Phi) is 4.11. The van der Waals surface area contributed by atoms with Crippen molar-refractivity contribution in [3.05, 3.63) is 30.1 Å². The standard InChI is InChI=1S/C11H15NO2/c1-9(7-11(13)14-2)6-10-4-3-5-12-8-10/h3-5,8-9H,6-7H2,1-2H3. The molecule has 3 heteroatoms. The number of aromatic nitrogens is 1. The molecule has 0 amide bonds. The molecule has 0 saturated heterocycles. The third-order valence-corrected chi connectivity index (χ3v) is 2.05. The van der Waals surface area contributed by atoms with Crippen molar-refractivity contribution in [3.8, 4) is 0 Å². The third-order valence-electron chi connectivity index (χ3n) is 2.05. The Bertz CT molecular complexity index is 285. The second kappa shape index (κ2) is 5.37. The highest BCUT2D eigenvalue weighted by Gasteiger charge is 2.09. The zero-order chi connectivity index (χ0) is 10.4. The van der Waals surface area contributed by atoms with E-state index in [9.17, 15) is 4.79 Å². The van der Waals surface area contributed by atoms with E-state index in [0.29, 0.717) is 12.3 Å². The maximum absolute atomic E-state index is 11.0. The van der Waals surface area contributed by atoms with Crippen molar-refractivity contribution in [2.24, 2.45) is 5.92 Å². The van der Waals surface area contributed by atoms with E-state index in [4.69, 9.17) is 0 Å². The topological polar surface area (TPSA) is 39.2 Å². The van der Waals surface area contributed by atoms with Gasteiger partial charge < -0.3 is 4.74 Å². The molecule has 0 radical (unpaired) electrons. The van der Waals surface area contributed by atoms with Crippen molar-refractivity contribution in [1.29, 1.82) is 0 Å². The average molecular weight is 193 g/mol. The van der Waals surface area contributed by atoms with Gasteiger partial charge in [-0.15, -0.1) is 0 Å². The molecule has 0 spiro atoms. The van der Waals surface area contributed by atoms with Crippen LogP contribution in [0.15, 0.2) is 24.5 Å². The van der Waals surface area contributed by atoms with Gasteiger partial charge in [-0.05, 0) is 24.0 Å². The molecule has 76 valence electrons. The molecule has 1 aromatic rings. The van der Waals surface area contributed by atoms with Crippen LogP contribution in [0.1, 0.15) is 18.9 Å². The Morgan fingerprint density at radius 3 is 3.00 bits per heavy atom. The molecule has 1 rings (SSSR count). The van der Waals surface area contributed by atoms with Crippen molar-refractivity contribution in [3.63, 3.8) is 0 Å². The molecule has 0 aromatic carbocycles. The van der Waals surface area contributed by atoms with Crippen LogP contribution < -0.4 is 0 Å². The Hall–Kier alpha value is -1.38. The SMILES string of the molecule is COC(=O)CC(C)Cc1cccnc1. The fourth-order valence-electron chi connectivity index (χ4n) is 1.36. The molecular formula is C11H15NO2. The summed E-state index contributed by atoms with van der Waals surface area (Å²) in [5.41, 5.74) is 1.16. The second-order valence-electron chi connectivity index (χ2n) is 3.45. The number of ether oxygens (including phenoxy) is 1. The lowest BCUT2D eigenvalue weighted by Crippen LogP contribution is -2.09. The first-order valence-electron chi connectivity index (χ1n) is 4.68. The second-order valence-corrected chi connectivity index (χ2v) is 3.45. The van der Waals surface area contributed by atoms with Crippen LogP contribution in [0.5, 0.6) is 0 Å². The van der Waals surface area contributed by atoms with Crippen LogP contribution in [0.3, 0.4) is 0 Å². The maximum Gasteiger partial charge on any atom is 0.305 e. The van der Waals surface area contributed by atoms with Crippen LogP contribution in [-0.4, -0.2) is 18.1 Å². The summed E-state index contributed by atoms with van der Waals surface area (Å²) in [6, 6.07) is 3.92. The van der Waals surface area contributed by atoms with Crippen LogP contribution >= 0.6 is 0 Å². The Morgan fingerprint density at radius 1 is 1.64 bits per heavy atom. The molecule has 1 unspecified atom stereocenters. The molecule has 0 N–H and O–H groups in total. The number of hydrogen-bond donors (Lipinski definition) is 0. The highest BCUT2D eigenvalue weighted by Crippen LogP contribution is 2.10. The first-order chi connectivity index (χ1) is 6.72. The van der Waals surface area contributed by atoms with Gasteiger partial charge >= 0.3 is 5.97 Å². The third kappa shape index (κ3) is 3.56. The van der Waals surface area contributed by atoms with E-state index in [1.165, 1.54) is 7.11 Å². The molecule has 1 aromatic heterocycles. The number of methoxy groups -OCH3 is 1. The zero-order valence-electron chi connectivity index (χ0n) is 8.56. The minimum atomic E-state index is -0.151. The Labute approximate surface area is 84.1 Å². The number of hydrogen-bond acceptors (Lipinski definition) is 3. The molecule has 3 nitrogen and oxygen atoms in total. The lowest BCUT2D eigenvalue weighted by Gasteiger charge is -2.08. The Morgan fingerprint density at radius 2 is 2.43 bits per heavy atom. The maximum atomic E-state index is 11.0. The molecule has 14 heavy (non-hydrogen) atoms. The number of nitrogens with zero attached hydrogens (tertiary/aromatic N) is 1. The van der Waals surface area contributed by atoms with Gasteiger partial charge in [-0.2, -0.15) is 0 Å². The van der Waals surface area contributed by atoms with E-state index < -0.39 is 0 Å². The largest absolute Gasteiger partial charge is 0.469 e. The number of pyridine rings is 1. The zero-order valence-corrected chi connectivity index (χ0v) is 8.56. The lowest BCUT2D eigenvalue weighted by molar-refractivity contribution is -0.141. The van der Waals surface area contributed by atoms with Crippen LogP contribution in [0.25, 0.3) is 0 Å². The molecule has 1 atom stereocenters. The number of rotatable bonds is 4. The molecule has 0 aliphatic rings. The predicted molar refractivity (Wildman–Crippen MR) is 53.7 cm³/mol. The van der Waals surface area contributed by atoms with Gasteiger partial charge in [0, 0.05) is 18.8 Å². The molecule has 1 heterocycles. The van der Waals surface area contributed by atoms with Gasteiger partial charge in [-0.3, -0.25) is 9.78 Å². The molecule has 0 bridgehead atoms. The normalized spacial score (nSPS) is 12.1. The van der Waals surface area contributed by atoms with Gasteiger partial charge in [0.05, 0.1) is 7.11 Å². The molecule has 0 aliphatic carbocycles. The van der Waals surface area contributed by atoms with Crippen LogP contribution in [0, 0.1) is 5.92 Å². The monoisotopic (exact) mass is 193 g/mol. The van der Waals surface area contributed by atoms with E-state index in [1.807, 2.05) is 25.3 Å². The summed E-state index contributed by atoms with van der Waals surface area (Å²) < 4.78 is 4.60. The lowest BCUT2D eigenvalue weighted by atomic mass is 9.99. The van der Waals surface area contributed by atoms with Crippen molar-refractivity contribution in [2.45, 2.75) is 19.8 Å². The summed E-state index contributed by atoms with van der Waals surface area (Å²) in [4.78, 5) is 15.0. The highest BCUT2D eigenvalue weighted by molar-refractivity contribution is 5.69. The van der Waals surface area contributed by atoms with Crippen molar-refractivity contribution >= 4 is 5.97 Å². The van der Waals surface area contributed by atoms with E-state index in [-0.39, 0.29) is 5.97 Å². The summed E-state index contributed by atoms with van der Waals surface area (Å²) in [5, 5.41) is 0. The highest BCUT2D eigenvalue weighted by atomic mass is 16.5. The van der Waals surface area contributed by atoms with Gasteiger partial charge in [0.2, 0.25) is 0 Å². The fourth-order valence-corrected chi connectivity index (χ4v) is 1.36. The van der Waals surface area contributed by atoms with E-state index in [0.717, 1.165) is 12.0 Å². The summed E-state index contributed by atoms with van der Waals surface area (Å²) in [6.07, 6.45) is 4.90. The van der Waals surface area contributed by atoms with Crippen molar-refractivity contribution in [1.82, 2.24) is 4.98 Å². The predicted octanol–water partition coefficient (Wildman–Crippen LogP) is 1.82. The minimum absolute atomic E-state index is 0.151. The molecule has 0 saturated carbocycles. The smallest absolute Gasteiger partial charge is 0.305 e.